The number of aliphatic carboxylic acids is 1. The summed E-state index contributed by atoms with van der Waals surface area (Å²) in [6, 6.07) is 7.53. The third-order valence-corrected chi connectivity index (χ3v) is 10.9. The first-order chi connectivity index (χ1) is 24.8. The molecule has 1 atom stereocenters. The highest BCUT2D eigenvalue weighted by Gasteiger charge is 2.35. The van der Waals surface area contributed by atoms with Crippen molar-refractivity contribution in [1.82, 2.24) is 19.4 Å². The summed E-state index contributed by atoms with van der Waals surface area (Å²) in [6.45, 7) is 12.6. The van der Waals surface area contributed by atoms with E-state index in [0.29, 0.717) is 65.4 Å². The van der Waals surface area contributed by atoms with E-state index in [2.05, 4.69) is 11.0 Å². The lowest BCUT2D eigenvalue weighted by Gasteiger charge is -2.29. The van der Waals surface area contributed by atoms with Gasteiger partial charge in [-0.2, -0.15) is 0 Å². The number of pyridine rings is 2. The maximum Gasteiger partial charge on any atom is 0.337 e. The van der Waals surface area contributed by atoms with E-state index in [4.69, 9.17) is 19.4 Å². The van der Waals surface area contributed by atoms with E-state index in [-0.39, 0.29) is 11.7 Å². The first kappa shape index (κ1) is 35.9. The summed E-state index contributed by atoms with van der Waals surface area (Å²) in [7, 11) is 1.95. The second-order valence-corrected chi connectivity index (χ2v) is 15.6. The highest BCUT2D eigenvalue weighted by molar-refractivity contribution is 6.01. The Hall–Kier alpha value is -4.51. The molecule has 7 rings (SSSR count). The van der Waals surface area contributed by atoms with Crippen molar-refractivity contribution in [1.29, 1.82) is 0 Å². The second kappa shape index (κ2) is 14.1. The number of carboxylic acid groups (broad SMARTS) is 1. The molecule has 1 N–H and O–H groups in total. The van der Waals surface area contributed by atoms with Crippen LogP contribution in [0, 0.1) is 25.6 Å². The SMILES string of the molecule is Cc1nc2c(cc(-c3ccnc(N4CCCN(C(=O)C5CCCC5)CC4)c3)n2C)c(-c2cc(F)c3c(c2C)CCCO3)c1[C@H](OC(C)(C)C)C(=O)O. The Morgan fingerprint density at radius 3 is 2.54 bits per heavy atom. The molecule has 3 aliphatic rings. The predicted molar refractivity (Wildman–Crippen MR) is 199 cm³/mol. The van der Waals surface area contributed by atoms with Crippen LogP contribution in [-0.2, 0) is 27.8 Å². The summed E-state index contributed by atoms with van der Waals surface area (Å²) < 4.78 is 29.9. The number of fused-ring (bicyclic) bond motifs is 2. The van der Waals surface area contributed by atoms with Crippen LogP contribution >= 0.6 is 0 Å². The highest BCUT2D eigenvalue weighted by atomic mass is 19.1. The van der Waals surface area contributed by atoms with E-state index in [9.17, 15) is 14.7 Å². The molecule has 4 aromatic rings. The summed E-state index contributed by atoms with van der Waals surface area (Å²) in [5, 5.41) is 11.3. The molecule has 0 radical (unpaired) electrons. The van der Waals surface area contributed by atoms with E-state index in [1.54, 1.807) is 13.1 Å². The zero-order valence-corrected chi connectivity index (χ0v) is 31.2. The molecule has 5 heterocycles. The Balaban J connectivity index is 1.34. The van der Waals surface area contributed by atoms with Gasteiger partial charge in [-0.15, -0.1) is 0 Å². The van der Waals surface area contributed by atoms with Crippen molar-refractivity contribution in [2.24, 2.45) is 13.0 Å². The number of carboxylic acids is 1. The number of carbonyl (C=O) groups is 2. The van der Waals surface area contributed by atoms with Crippen molar-refractivity contribution in [3.63, 3.8) is 0 Å². The van der Waals surface area contributed by atoms with Crippen LogP contribution in [0.1, 0.15) is 87.8 Å². The summed E-state index contributed by atoms with van der Waals surface area (Å²) >= 11 is 0. The molecule has 3 aromatic heterocycles. The minimum Gasteiger partial charge on any atom is -0.490 e. The molecule has 1 aliphatic carbocycles. The van der Waals surface area contributed by atoms with Gasteiger partial charge < -0.3 is 28.9 Å². The molecule has 10 nitrogen and oxygen atoms in total. The zero-order valence-electron chi connectivity index (χ0n) is 31.2. The van der Waals surface area contributed by atoms with Crippen molar-refractivity contribution in [2.75, 3.05) is 37.7 Å². The van der Waals surface area contributed by atoms with Crippen LogP contribution < -0.4 is 9.64 Å². The van der Waals surface area contributed by atoms with Gasteiger partial charge >= 0.3 is 5.97 Å². The smallest absolute Gasteiger partial charge is 0.337 e. The van der Waals surface area contributed by atoms with Crippen molar-refractivity contribution in [2.45, 2.75) is 91.3 Å². The number of carbonyl (C=O) groups excluding carboxylic acids is 1. The minimum atomic E-state index is -1.35. The number of hydrogen-bond donors (Lipinski definition) is 1. The Morgan fingerprint density at radius 1 is 1.04 bits per heavy atom. The molecule has 1 amide bonds. The van der Waals surface area contributed by atoms with Crippen LogP contribution in [0.15, 0.2) is 30.5 Å². The van der Waals surface area contributed by atoms with Gasteiger partial charge in [0.05, 0.1) is 17.9 Å². The van der Waals surface area contributed by atoms with Crippen LogP contribution in [-0.4, -0.2) is 74.8 Å². The molecule has 276 valence electrons. The molecule has 52 heavy (non-hydrogen) atoms. The summed E-state index contributed by atoms with van der Waals surface area (Å²) in [4.78, 5) is 40.2. The maximum atomic E-state index is 15.9. The average Bonchev–Trinajstić information content (AvgIpc) is 3.69. The number of hydrogen-bond acceptors (Lipinski definition) is 7. The van der Waals surface area contributed by atoms with E-state index < -0.39 is 23.5 Å². The zero-order chi connectivity index (χ0) is 36.9. The van der Waals surface area contributed by atoms with E-state index in [1.165, 1.54) is 6.07 Å². The molecular weight excluding hydrogens is 661 g/mol. The molecule has 0 bridgehead atoms. The van der Waals surface area contributed by atoms with Gasteiger partial charge in [-0.3, -0.25) is 4.79 Å². The Kier molecular flexibility index (Phi) is 9.75. The van der Waals surface area contributed by atoms with Gasteiger partial charge in [0.25, 0.3) is 0 Å². The van der Waals surface area contributed by atoms with Crippen LogP contribution in [0.5, 0.6) is 5.75 Å². The number of aryl methyl sites for hydroxylation is 2. The lowest BCUT2D eigenvalue weighted by Crippen LogP contribution is -2.38. The molecular formula is C41H50FN5O5. The lowest BCUT2D eigenvalue weighted by atomic mass is 9.86. The van der Waals surface area contributed by atoms with E-state index in [0.717, 1.165) is 79.8 Å². The van der Waals surface area contributed by atoms with Crippen LogP contribution in [0.25, 0.3) is 33.4 Å². The maximum absolute atomic E-state index is 15.9. The molecule has 0 unspecified atom stereocenters. The number of rotatable bonds is 7. The molecule has 0 spiro atoms. The molecule has 1 saturated carbocycles. The largest absolute Gasteiger partial charge is 0.490 e. The van der Waals surface area contributed by atoms with Gasteiger partial charge in [0.2, 0.25) is 5.91 Å². The highest BCUT2D eigenvalue weighted by Crippen LogP contribution is 2.45. The quantitative estimate of drug-likeness (QED) is 0.209. The van der Waals surface area contributed by atoms with Crippen LogP contribution in [0.4, 0.5) is 10.2 Å². The Morgan fingerprint density at radius 2 is 1.81 bits per heavy atom. The topological polar surface area (TPSA) is 110 Å². The predicted octanol–water partition coefficient (Wildman–Crippen LogP) is 7.55. The number of ether oxygens (including phenoxy) is 2. The van der Waals surface area contributed by atoms with Crippen LogP contribution in [0.2, 0.25) is 0 Å². The van der Waals surface area contributed by atoms with Crippen molar-refractivity contribution in [3.05, 3.63) is 58.7 Å². The van der Waals surface area contributed by atoms with Gasteiger partial charge in [-0.25, -0.2) is 19.2 Å². The first-order valence-electron chi connectivity index (χ1n) is 18.7. The van der Waals surface area contributed by atoms with E-state index >= 15 is 4.39 Å². The van der Waals surface area contributed by atoms with Crippen LogP contribution in [0.3, 0.4) is 0 Å². The second-order valence-electron chi connectivity index (χ2n) is 15.6. The fraction of sp³-hybridized carbons (Fsp3) is 0.512. The standard InChI is InChI=1S/C41H50FN5O5/c1-24-28-13-9-20-51-36(28)31(42)22-29(24)35-30-23-32(45(6)38(30)44-25(2)34(35)37(40(49)50)52-41(3,4)5)27-14-15-43-33(21-27)46-16-10-17-47(19-18-46)39(48)26-11-7-8-12-26/h14-15,21-23,26,37H,7-13,16-20H2,1-6H3,(H,49,50)/t37-/m0/s1. The first-order valence-corrected chi connectivity index (χ1v) is 18.7. The normalized spacial score (nSPS) is 17.6. The van der Waals surface area contributed by atoms with Gasteiger partial charge in [0.15, 0.2) is 17.7 Å². The van der Waals surface area contributed by atoms with Gasteiger partial charge in [0, 0.05) is 78.7 Å². The van der Waals surface area contributed by atoms with Gasteiger partial charge in [0.1, 0.15) is 11.5 Å². The lowest BCUT2D eigenvalue weighted by molar-refractivity contribution is -0.160. The number of aromatic nitrogens is 3. The van der Waals surface area contributed by atoms with Crippen molar-refractivity contribution in [3.8, 4) is 28.1 Å². The number of anilines is 1. The van der Waals surface area contributed by atoms with Gasteiger partial charge in [-0.05, 0) is 102 Å². The molecule has 1 saturated heterocycles. The molecule has 1 aromatic carbocycles. The monoisotopic (exact) mass is 711 g/mol. The molecule has 2 fully saturated rings. The third-order valence-electron chi connectivity index (χ3n) is 10.9. The Labute approximate surface area is 304 Å². The van der Waals surface area contributed by atoms with Gasteiger partial charge in [-0.1, -0.05) is 12.8 Å². The van der Waals surface area contributed by atoms with Crippen molar-refractivity contribution >= 4 is 28.7 Å². The number of amides is 1. The average molecular weight is 712 g/mol. The fourth-order valence-corrected chi connectivity index (χ4v) is 8.40. The number of benzene rings is 1. The summed E-state index contributed by atoms with van der Waals surface area (Å²) in [6.07, 6.45) is 7.05. The third kappa shape index (κ3) is 6.75. The number of halogens is 1. The van der Waals surface area contributed by atoms with Crippen molar-refractivity contribution < 1.29 is 28.6 Å². The number of nitrogens with zero attached hydrogens (tertiary/aromatic N) is 5. The summed E-state index contributed by atoms with van der Waals surface area (Å²) in [5.41, 5.74) is 5.39. The minimum absolute atomic E-state index is 0.169. The summed E-state index contributed by atoms with van der Waals surface area (Å²) in [5.74, 6) is -0.0365. The fourth-order valence-electron chi connectivity index (χ4n) is 8.40. The van der Waals surface area contributed by atoms with E-state index in [1.807, 2.05) is 56.3 Å². The molecule has 2 aliphatic heterocycles. The Bertz CT molecular complexity index is 2030. The molecule has 11 heteroatoms.